The molecule has 0 aliphatic carbocycles. The van der Waals surface area contributed by atoms with E-state index < -0.39 is 0 Å². The third kappa shape index (κ3) is 3.08. The van der Waals surface area contributed by atoms with Crippen LogP contribution < -0.4 is 0 Å². The molecular weight excluding hydrogens is 266 g/mol. The second-order valence-corrected chi connectivity index (χ2v) is 5.05. The molecular formula is C16H17N3O2. The van der Waals surface area contributed by atoms with Crippen LogP contribution in [0.2, 0.25) is 0 Å². The average molecular weight is 283 g/mol. The highest BCUT2D eigenvalue weighted by Crippen LogP contribution is 2.19. The zero-order chi connectivity index (χ0) is 14.7. The van der Waals surface area contributed by atoms with E-state index in [1.54, 1.807) is 0 Å². The minimum Gasteiger partial charge on any atom is -0.378 e. The largest absolute Gasteiger partial charge is 0.378 e. The number of hydrogen-bond acceptors (Lipinski definition) is 4. The molecule has 0 bridgehead atoms. The van der Waals surface area contributed by atoms with E-state index in [0.29, 0.717) is 31.9 Å². The van der Waals surface area contributed by atoms with Gasteiger partial charge >= 0.3 is 0 Å². The number of carbonyl (C=O) groups excluding carboxylic acids is 1. The predicted molar refractivity (Wildman–Crippen MR) is 78.9 cm³/mol. The quantitative estimate of drug-likeness (QED) is 0.845. The number of ether oxygens (including phenoxy) is 1. The van der Waals surface area contributed by atoms with E-state index in [2.05, 4.69) is 10.2 Å². The number of aromatic nitrogens is 2. The molecule has 0 spiro atoms. The molecule has 0 unspecified atom stereocenters. The Hall–Kier alpha value is -2.27. The lowest BCUT2D eigenvalue weighted by Crippen LogP contribution is -2.40. The topological polar surface area (TPSA) is 55.3 Å². The summed E-state index contributed by atoms with van der Waals surface area (Å²) in [4.78, 5) is 14.3. The maximum atomic E-state index is 12.5. The van der Waals surface area contributed by atoms with E-state index in [4.69, 9.17) is 4.74 Å². The molecule has 0 saturated carbocycles. The van der Waals surface area contributed by atoms with Crippen LogP contribution in [-0.2, 0) is 4.74 Å². The molecule has 1 aliphatic rings. The lowest BCUT2D eigenvalue weighted by atomic mass is 10.1. The number of rotatable bonds is 2. The first kappa shape index (κ1) is 13.7. The summed E-state index contributed by atoms with van der Waals surface area (Å²) in [6, 6.07) is 11.4. The third-order valence-corrected chi connectivity index (χ3v) is 3.50. The van der Waals surface area contributed by atoms with Gasteiger partial charge in [-0.15, -0.1) is 0 Å². The zero-order valence-corrected chi connectivity index (χ0v) is 12.0. The van der Waals surface area contributed by atoms with E-state index >= 15 is 0 Å². The van der Waals surface area contributed by atoms with Crippen molar-refractivity contribution < 1.29 is 9.53 Å². The van der Waals surface area contributed by atoms with Crippen LogP contribution in [0.1, 0.15) is 16.1 Å². The number of benzene rings is 1. The Morgan fingerprint density at radius 3 is 2.67 bits per heavy atom. The Morgan fingerprint density at radius 2 is 1.95 bits per heavy atom. The summed E-state index contributed by atoms with van der Waals surface area (Å²) < 4.78 is 5.28. The number of hydrogen-bond donors (Lipinski definition) is 0. The molecule has 1 fully saturated rings. The Bertz CT molecular complexity index is 634. The van der Waals surface area contributed by atoms with Crippen molar-refractivity contribution >= 4 is 5.91 Å². The fourth-order valence-corrected chi connectivity index (χ4v) is 2.31. The fourth-order valence-electron chi connectivity index (χ4n) is 2.31. The van der Waals surface area contributed by atoms with E-state index in [-0.39, 0.29) is 5.91 Å². The molecule has 108 valence electrons. The molecule has 2 aromatic rings. The Kier molecular flexibility index (Phi) is 3.92. The first-order valence-corrected chi connectivity index (χ1v) is 7.02. The van der Waals surface area contributed by atoms with Crippen molar-refractivity contribution in [3.8, 4) is 11.3 Å². The van der Waals surface area contributed by atoms with Crippen molar-refractivity contribution in [3.05, 3.63) is 47.7 Å². The molecule has 1 aliphatic heterocycles. The monoisotopic (exact) mass is 283 g/mol. The number of amides is 1. The average Bonchev–Trinajstić information content (AvgIpc) is 2.56. The highest BCUT2D eigenvalue weighted by Gasteiger charge is 2.18. The molecule has 1 saturated heterocycles. The maximum Gasteiger partial charge on any atom is 0.254 e. The van der Waals surface area contributed by atoms with Gasteiger partial charge < -0.3 is 9.64 Å². The highest BCUT2D eigenvalue weighted by atomic mass is 16.5. The molecule has 5 nitrogen and oxygen atoms in total. The lowest BCUT2D eigenvalue weighted by molar-refractivity contribution is 0.0303. The first-order valence-electron chi connectivity index (χ1n) is 7.02. The third-order valence-electron chi connectivity index (χ3n) is 3.50. The standard InChI is InChI=1S/C16H17N3O2/c1-12-5-6-15(18-17-12)13-3-2-4-14(11-13)16(20)19-7-9-21-10-8-19/h2-6,11H,7-10H2,1H3. The maximum absolute atomic E-state index is 12.5. The minimum absolute atomic E-state index is 0.0419. The van der Waals surface area contributed by atoms with Gasteiger partial charge in [-0.05, 0) is 31.2 Å². The smallest absolute Gasteiger partial charge is 0.254 e. The van der Waals surface area contributed by atoms with Gasteiger partial charge in [0.25, 0.3) is 5.91 Å². The summed E-state index contributed by atoms with van der Waals surface area (Å²) in [5, 5.41) is 8.22. The predicted octanol–water partition coefficient (Wildman–Crippen LogP) is 1.92. The SMILES string of the molecule is Cc1ccc(-c2cccc(C(=O)N3CCOCC3)c2)nn1. The van der Waals surface area contributed by atoms with Gasteiger partial charge in [0, 0.05) is 24.2 Å². The van der Waals surface area contributed by atoms with E-state index in [9.17, 15) is 4.79 Å². The molecule has 21 heavy (non-hydrogen) atoms. The zero-order valence-electron chi connectivity index (χ0n) is 12.0. The fraction of sp³-hybridized carbons (Fsp3) is 0.312. The van der Waals surface area contributed by atoms with Crippen molar-refractivity contribution in [2.45, 2.75) is 6.92 Å². The normalized spacial score (nSPS) is 15.0. The molecule has 2 heterocycles. The highest BCUT2D eigenvalue weighted by molar-refractivity contribution is 5.95. The number of morpholine rings is 1. The van der Waals surface area contributed by atoms with Gasteiger partial charge in [-0.3, -0.25) is 4.79 Å². The molecule has 3 rings (SSSR count). The van der Waals surface area contributed by atoms with Crippen LogP contribution in [0.15, 0.2) is 36.4 Å². The molecule has 1 aromatic heterocycles. The molecule has 0 atom stereocenters. The number of aryl methyl sites for hydroxylation is 1. The molecule has 0 radical (unpaired) electrons. The summed E-state index contributed by atoms with van der Waals surface area (Å²) in [6.45, 7) is 4.40. The summed E-state index contributed by atoms with van der Waals surface area (Å²) in [5.41, 5.74) is 3.23. The second-order valence-electron chi connectivity index (χ2n) is 5.05. The van der Waals surface area contributed by atoms with Crippen LogP contribution in [0.5, 0.6) is 0 Å². The van der Waals surface area contributed by atoms with Gasteiger partial charge in [0.05, 0.1) is 24.6 Å². The Labute approximate surface area is 123 Å². The van der Waals surface area contributed by atoms with Crippen LogP contribution in [0.4, 0.5) is 0 Å². The van der Waals surface area contributed by atoms with E-state index in [1.165, 1.54) is 0 Å². The minimum atomic E-state index is 0.0419. The van der Waals surface area contributed by atoms with Gasteiger partial charge in [-0.2, -0.15) is 10.2 Å². The van der Waals surface area contributed by atoms with Gasteiger partial charge in [-0.1, -0.05) is 12.1 Å². The second kappa shape index (κ2) is 6.01. The molecule has 1 aromatic carbocycles. The lowest BCUT2D eigenvalue weighted by Gasteiger charge is -2.27. The van der Waals surface area contributed by atoms with Gasteiger partial charge in [0.1, 0.15) is 0 Å². The van der Waals surface area contributed by atoms with Crippen molar-refractivity contribution in [1.82, 2.24) is 15.1 Å². The summed E-state index contributed by atoms with van der Waals surface area (Å²) >= 11 is 0. The molecule has 1 amide bonds. The van der Waals surface area contributed by atoms with Crippen LogP contribution in [0.25, 0.3) is 11.3 Å². The summed E-state index contributed by atoms with van der Waals surface area (Å²) in [7, 11) is 0. The molecule has 0 N–H and O–H groups in total. The summed E-state index contributed by atoms with van der Waals surface area (Å²) in [5.74, 6) is 0.0419. The Morgan fingerprint density at radius 1 is 1.14 bits per heavy atom. The van der Waals surface area contributed by atoms with Crippen molar-refractivity contribution in [3.63, 3.8) is 0 Å². The van der Waals surface area contributed by atoms with Crippen LogP contribution in [0, 0.1) is 6.92 Å². The molecule has 5 heteroatoms. The van der Waals surface area contributed by atoms with Gasteiger partial charge in [-0.25, -0.2) is 0 Å². The van der Waals surface area contributed by atoms with Crippen molar-refractivity contribution in [2.24, 2.45) is 0 Å². The van der Waals surface area contributed by atoms with E-state index in [0.717, 1.165) is 17.0 Å². The van der Waals surface area contributed by atoms with E-state index in [1.807, 2.05) is 48.2 Å². The van der Waals surface area contributed by atoms with Gasteiger partial charge in [0.2, 0.25) is 0 Å². The number of carbonyl (C=O) groups is 1. The number of nitrogens with zero attached hydrogens (tertiary/aromatic N) is 3. The first-order chi connectivity index (χ1) is 10.2. The Balaban J connectivity index is 1.85. The summed E-state index contributed by atoms with van der Waals surface area (Å²) in [6.07, 6.45) is 0. The van der Waals surface area contributed by atoms with Crippen LogP contribution in [0.3, 0.4) is 0 Å². The van der Waals surface area contributed by atoms with Crippen LogP contribution in [-0.4, -0.2) is 47.3 Å². The van der Waals surface area contributed by atoms with Crippen molar-refractivity contribution in [2.75, 3.05) is 26.3 Å². The van der Waals surface area contributed by atoms with Crippen LogP contribution >= 0.6 is 0 Å². The van der Waals surface area contributed by atoms with Crippen molar-refractivity contribution in [1.29, 1.82) is 0 Å². The van der Waals surface area contributed by atoms with Gasteiger partial charge in [0.15, 0.2) is 0 Å².